The van der Waals surface area contributed by atoms with E-state index in [0.717, 1.165) is 24.1 Å². The molecule has 7 heteroatoms. The van der Waals surface area contributed by atoms with E-state index in [9.17, 15) is 14.7 Å². The first-order valence-corrected chi connectivity index (χ1v) is 12.9. The molecule has 2 fully saturated rings. The number of aliphatic hydroxyl groups excluding tert-OH is 1. The Morgan fingerprint density at radius 1 is 1.26 bits per heavy atom. The van der Waals surface area contributed by atoms with Crippen molar-refractivity contribution in [3.63, 3.8) is 0 Å². The molecule has 0 spiro atoms. The first kappa shape index (κ1) is 20.3. The molecule has 2 heterocycles. The van der Waals surface area contributed by atoms with Crippen LogP contribution in [0.4, 0.5) is 10.5 Å². The minimum absolute atomic E-state index is 0.0626. The fourth-order valence-corrected chi connectivity index (χ4v) is 7.28. The van der Waals surface area contributed by atoms with Crippen LogP contribution in [0.3, 0.4) is 0 Å². The molecule has 1 amide bonds. The van der Waals surface area contributed by atoms with Crippen molar-refractivity contribution >= 4 is 20.1 Å². The Morgan fingerprint density at radius 2 is 2.04 bits per heavy atom. The number of aryl methyl sites for hydroxylation is 1. The first-order valence-electron chi connectivity index (χ1n) is 9.83. The number of rotatable bonds is 7. The Balaban J connectivity index is 1.65. The van der Waals surface area contributed by atoms with Gasteiger partial charge in [0, 0.05) is 17.8 Å². The molecule has 27 heavy (non-hydrogen) atoms. The third-order valence-electron chi connectivity index (χ3n) is 5.83. The fourth-order valence-electron chi connectivity index (χ4n) is 4.62. The third kappa shape index (κ3) is 4.54. The number of hydrogen-bond donors (Lipinski definition) is 2. The number of carbonyl (C=O) groups is 1. The van der Waals surface area contributed by atoms with Crippen molar-refractivity contribution in [3.8, 4) is 0 Å². The van der Waals surface area contributed by atoms with Crippen LogP contribution >= 0.6 is 0 Å². The molecule has 2 saturated heterocycles. The van der Waals surface area contributed by atoms with E-state index in [1.54, 1.807) is 4.90 Å². The van der Waals surface area contributed by atoms with Crippen molar-refractivity contribution < 1.29 is 24.2 Å². The Kier molecular flexibility index (Phi) is 6.25. The molecule has 2 N–H and O–H groups in total. The number of hydrogen-bond acceptors (Lipinski definition) is 5. The second-order valence-corrected chi connectivity index (χ2v) is 12.2. The maximum Gasteiger partial charge on any atom is 0.414 e. The topological polar surface area (TPSA) is 79.2 Å². The van der Waals surface area contributed by atoms with Gasteiger partial charge in [-0.3, -0.25) is 4.90 Å². The zero-order valence-electron chi connectivity index (χ0n) is 16.4. The highest BCUT2D eigenvalue weighted by Crippen LogP contribution is 2.45. The minimum Gasteiger partial charge on any atom is -0.447 e. The fraction of sp³-hybridized carbons (Fsp3) is 0.650. The van der Waals surface area contributed by atoms with Crippen LogP contribution in [-0.4, -0.2) is 56.3 Å². The molecular weight excluding hydrogens is 362 g/mol. The smallest absolute Gasteiger partial charge is 0.414 e. The number of aliphatic hydroxyl groups is 1. The van der Waals surface area contributed by atoms with E-state index in [4.69, 9.17) is 9.47 Å². The summed E-state index contributed by atoms with van der Waals surface area (Å²) in [6.45, 7) is 7.19. The molecule has 0 aromatic heterocycles. The van der Waals surface area contributed by atoms with Crippen LogP contribution in [0.15, 0.2) is 24.3 Å². The Bertz CT molecular complexity index is 662. The molecule has 0 saturated carbocycles. The molecular formula is C20H31NO5Si. The predicted molar refractivity (Wildman–Crippen MR) is 106 cm³/mol. The van der Waals surface area contributed by atoms with Gasteiger partial charge in [0.2, 0.25) is 0 Å². The van der Waals surface area contributed by atoms with Gasteiger partial charge in [0.1, 0.15) is 6.61 Å². The summed E-state index contributed by atoms with van der Waals surface area (Å²) in [5.41, 5.74) is 2.17. The summed E-state index contributed by atoms with van der Waals surface area (Å²) in [5, 5.41) is 9.36. The van der Waals surface area contributed by atoms with Crippen LogP contribution in [0.2, 0.25) is 18.6 Å². The quantitative estimate of drug-likeness (QED) is 0.697. The third-order valence-corrected chi connectivity index (χ3v) is 8.36. The lowest BCUT2D eigenvalue weighted by molar-refractivity contribution is 0.0192. The molecule has 0 unspecified atom stereocenters. The van der Waals surface area contributed by atoms with E-state index in [1.807, 2.05) is 31.3 Å². The zero-order chi connectivity index (χ0) is 19.6. The molecule has 1 aromatic carbocycles. The molecule has 3 rings (SSSR count). The minimum atomic E-state index is -2.37. The molecule has 1 aromatic rings. The molecule has 0 bridgehead atoms. The van der Waals surface area contributed by atoms with Crippen LogP contribution in [0.5, 0.6) is 0 Å². The van der Waals surface area contributed by atoms with Gasteiger partial charge < -0.3 is 19.4 Å². The van der Waals surface area contributed by atoms with E-state index in [1.165, 1.54) is 0 Å². The summed E-state index contributed by atoms with van der Waals surface area (Å²) in [4.78, 5) is 24.1. The number of amides is 1. The average Bonchev–Trinajstić information content (AvgIpc) is 3.16. The summed E-state index contributed by atoms with van der Waals surface area (Å²) in [6.07, 6.45) is 2.01. The molecule has 0 radical (unpaired) electrons. The SMILES string of the molecule is C[C@@H]1[C@@H]([Si](C)(C)O)[C@H](CCO)O[C@@H]1CCc1cccc(N2CCOC2=O)c1. The van der Waals surface area contributed by atoms with Gasteiger partial charge in [-0.2, -0.15) is 0 Å². The van der Waals surface area contributed by atoms with E-state index < -0.39 is 8.32 Å². The van der Waals surface area contributed by atoms with Crippen LogP contribution in [-0.2, 0) is 15.9 Å². The molecule has 150 valence electrons. The van der Waals surface area contributed by atoms with Crippen LogP contribution in [0.1, 0.15) is 25.3 Å². The monoisotopic (exact) mass is 393 g/mol. The van der Waals surface area contributed by atoms with Crippen molar-refractivity contribution in [1.29, 1.82) is 0 Å². The highest BCUT2D eigenvalue weighted by atomic mass is 28.4. The summed E-state index contributed by atoms with van der Waals surface area (Å²) in [7, 11) is -2.37. The number of anilines is 1. The van der Waals surface area contributed by atoms with E-state index in [0.29, 0.717) is 19.6 Å². The van der Waals surface area contributed by atoms with Crippen molar-refractivity contribution in [2.45, 2.75) is 57.0 Å². The number of benzene rings is 1. The summed E-state index contributed by atoms with van der Waals surface area (Å²) in [5.74, 6) is 0.268. The van der Waals surface area contributed by atoms with Crippen molar-refractivity contribution in [1.82, 2.24) is 0 Å². The van der Waals surface area contributed by atoms with E-state index in [-0.39, 0.29) is 36.4 Å². The number of nitrogens with zero attached hydrogens (tertiary/aromatic N) is 1. The van der Waals surface area contributed by atoms with E-state index in [2.05, 4.69) is 13.0 Å². The standard InChI is InChI=1S/C20H31NO5Si/c1-14-17(26-18(9-11-22)19(14)27(2,3)24)8-7-15-5-4-6-16(13-15)21-10-12-25-20(21)23/h4-6,13-14,17-19,22,24H,7-12H2,1-3H3/t14-,17+,18-,19+/m0/s1. The molecule has 2 aliphatic rings. The van der Waals surface area contributed by atoms with Gasteiger partial charge in [-0.1, -0.05) is 19.1 Å². The lowest BCUT2D eigenvalue weighted by Gasteiger charge is -2.30. The van der Waals surface area contributed by atoms with Gasteiger partial charge in [0.05, 0.1) is 18.8 Å². The van der Waals surface area contributed by atoms with Crippen LogP contribution in [0, 0.1) is 5.92 Å². The van der Waals surface area contributed by atoms with Gasteiger partial charge in [-0.25, -0.2) is 4.79 Å². The lowest BCUT2D eigenvalue weighted by atomic mass is 9.95. The van der Waals surface area contributed by atoms with Gasteiger partial charge in [0.15, 0.2) is 8.32 Å². The van der Waals surface area contributed by atoms with E-state index >= 15 is 0 Å². The van der Waals surface area contributed by atoms with Crippen molar-refractivity contribution in [3.05, 3.63) is 29.8 Å². The number of ether oxygens (including phenoxy) is 2. The normalized spacial score (nSPS) is 28.6. The van der Waals surface area contributed by atoms with Gasteiger partial charge in [0.25, 0.3) is 0 Å². The predicted octanol–water partition coefficient (Wildman–Crippen LogP) is 2.93. The second-order valence-electron chi connectivity index (χ2n) is 8.24. The Hall–Kier alpha value is -1.41. The Labute approximate surface area is 162 Å². The Morgan fingerprint density at radius 3 is 2.67 bits per heavy atom. The zero-order valence-corrected chi connectivity index (χ0v) is 17.4. The highest BCUT2D eigenvalue weighted by molar-refractivity contribution is 6.71. The van der Waals surface area contributed by atoms with Gasteiger partial charge in [-0.15, -0.1) is 0 Å². The average molecular weight is 394 g/mol. The maximum atomic E-state index is 11.8. The summed E-state index contributed by atoms with van der Waals surface area (Å²) < 4.78 is 11.3. The van der Waals surface area contributed by atoms with Gasteiger partial charge >= 0.3 is 6.09 Å². The van der Waals surface area contributed by atoms with Crippen LogP contribution < -0.4 is 4.90 Å². The van der Waals surface area contributed by atoms with Crippen molar-refractivity contribution in [2.24, 2.45) is 5.92 Å². The number of carbonyl (C=O) groups excluding carboxylic acids is 1. The first-order chi connectivity index (χ1) is 12.8. The number of cyclic esters (lactones) is 1. The highest BCUT2D eigenvalue weighted by Gasteiger charge is 2.49. The lowest BCUT2D eigenvalue weighted by Crippen LogP contribution is -2.40. The summed E-state index contributed by atoms with van der Waals surface area (Å²) in [6, 6.07) is 8.01. The van der Waals surface area contributed by atoms with Gasteiger partial charge in [-0.05, 0) is 56.0 Å². The second kappa shape index (κ2) is 8.30. The largest absolute Gasteiger partial charge is 0.447 e. The van der Waals surface area contributed by atoms with Crippen molar-refractivity contribution in [2.75, 3.05) is 24.7 Å². The molecule has 0 aliphatic carbocycles. The molecule has 2 aliphatic heterocycles. The molecule has 4 atom stereocenters. The maximum absolute atomic E-state index is 11.8. The summed E-state index contributed by atoms with van der Waals surface area (Å²) >= 11 is 0. The van der Waals surface area contributed by atoms with Crippen LogP contribution in [0.25, 0.3) is 0 Å². The molecule has 6 nitrogen and oxygen atoms in total.